The van der Waals surface area contributed by atoms with Crippen molar-refractivity contribution in [1.82, 2.24) is 10.2 Å². The maximum atomic E-state index is 12.6. The lowest BCUT2D eigenvalue weighted by molar-refractivity contribution is -0.131. The molecule has 1 N–H and O–H groups in total. The van der Waals surface area contributed by atoms with Crippen LogP contribution < -0.4 is 14.8 Å². The number of benzene rings is 2. The van der Waals surface area contributed by atoms with Crippen molar-refractivity contribution in [1.29, 1.82) is 0 Å². The summed E-state index contributed by atoms with van der Waals surface area (Å²) in [6, 6.07) is 13.0. The highest BCUT2D eigenvalue weighted by Gasteiger charge is 2.38. The molecule has 0 spiro atoms. The number of rotatable bonds is 6. The molecule has 0 aromatic heterocycles. The summed E-state index contributed by atoms with van der Waals surface area (Å²) in [5.74, 6) is 1.77. The highest BCUT2D eigenvalue weighted by atomic mass is 35.5. The van der Waals surface area contributed by atoms with Crippen molar-refractivity contribution in [2.24, 2.45) is 0 Å². The molecule has 2 heterocycles. The average Bonchev–Trinajstić information content (AvgIpc) is 3.42. The van der Waals surface area contributed by atoms with Crippen molar-refractivity contribution in [3.8, 4) is 11.5 Å². The second-order valence-corrected chi connectivity index (χ2v) is 8.49. The summed E-state index contributed by atoms with van der Waals surface area (Å²) in [7, 11) is 0. The molecule has 5 rings (SSSR count). The van der Waals surface area contributed by atoms with Crippen LogP contribution in [0.25, 0.3) is 0 Å². The number of fused-ring (bicyclic) bond motifs is 2. The van der Waals surface area contributed by atoms with E-state index in [9.17, 15) is 4.79 Å². The lowest BCUT2D eigenvalue weighted by Crippen LogP contribution is -2.43. The van der Waals surface area contributed by atoms with Crippen LogP contribution in [0.2, 0.25) is 5.02 Å². The summed E-state index contributed by atoms with van der Waals surface area (Å²) in [4.78, 5) is 14.8. The van der Waals surface area contributed by atoms with Crippen molar-refractivity contribution in [2.75, 3.05) is 13.3 Å². The van der Waals surface area contributed by atoms with Gasteiger partial charge in [-0.25, -0.2) is 0 Å². The molecule has 1 fully saturated rings. The van der Waals surface area contributed by atoms with Crippen LogP contribution >= 0.6 is 11.6 Å². The van der Waals surface area contributed by atoms with E-state index in [1.165, 1.54) is 11.1 Å². The molecule has 29 heavy (non-hydrogen) atoms. The van der Waals surface area contributed by atoms with E-state index in [1.54, 1.807) is 0 Å². The minimum Gasteiger partial charge on any atom is -0.454 e. The van der Waals surface area contributed by atoms with Gasteiger partial charge in [0.05, 0.1) is 0 Å². The number of hydrogen-bond donors (Lipinski definition) is 1. The van der Waals surface area contributed by atoms with Gasteiger partial charge < -0.3 is 19.7 Å². The van der Waals surface area contributed by atoms with Gasteiger partial charge in [-0.3, -0.25) is 4.79 Å². The molecule has 2 aromatic carbocycles. The van der Waals surface area contributed by atoms with Crippen LogP contribution in [-0.4, -0.2) is 36.2 Å². The number of carbonyl (C=O) groups excluding carboxylic acids is 1. The van der Waals surface area contributed by atoms with Gasteiger partial charge in [-0.05, 0) is 55.0 Å². The molecule has 3 aliphatic rings. The number of hydrogen-bond acceptors (Lipinski definition) is 4. The van der Waals surface area contributed by atoms with E-state index in [2.05, 4.69) is 34.5 Å². The van der Waals surface area contributed by atoms with E-state index >= 15 is 0 Å². The second kappa shape index (κ2) is 7.88. The molecule has 0 radical (unpaired) electrons. The number of nitrogens with zero attached hydrogens (tertiary/aromatic N) is 1. The van der Waals surface area contributed by atoms with Gasteiger partial charge in [0, 0.05) is 36.1 Å². The third-order valence-electron chi connectivity index (χ3n) is 6.31. The van der Waals surface area contributed by atoms with Gasteiger partial charge in [-0.1, -0.05) is 35.9 Å². The second-order valence-electron chi connectivity index (χ2n) is 8.09. The molecule has 2 aromatic rings. The number of likely N-dealkylation sites (tertiary alicyclic amines) is 1. The zero-order valence-corrected chi connectivity index (χ0v) is 17.1. The Labute approximate surface area is 175 Å². The van der Waals surface area contributed by atoms with Crippen LogP contribution in [0.4, 0.5) is 0 Å². The lowest BCUT2D eigenvalue weighted by atomic mass is 10.1. The minimum atomic E-state index is 0.249. The molecule has 1 aliphatic carbocycles. The number of ether oxygens (including phenoxy) is 2. The molecule has 1 saturated heterocycles. The summed E-state index contributed by atoms with van der Waals surface area (Å²) >= 11 is 6.36. The number of halogens is 1. The van der Waals surface area contributed by atoms with Gasteiger partial charge in [0.2, 0.25) is 12.7 Å². The van der Waals surface area contributed by atoms with Crippen LogP contribution in [0.1, 0.15) is 36.0 Å². The quantitative estimate of drug-likeness (QED) is 0.735. The van der Waals surface area contributed by atoms with E-state index in [1.807, 2.05) is 12.1 Å². The Balaban J connectivity index is 1.16. The number of nitrogens with one attached hydrogen (secondary N) is 1. The highest BCUT2D eigenvalue weighted by Crippen LogP contribution is 2.37. The largest absolute Gasteiger partial charge is 0.454 e. The molecular weight excluding hydrogens is 388 g/mol. The predicted octanol–water partition coefficient (Wildman–Crippen LogP) is 3.71. The van der Waals surface area contributed by atoms with E-state index < -0.39 is 0 Å². The smallest absolute Gasteiger partial charge is 0.231 e. The third-order valence-corrected chi connectivity index (χ3v) is 6.66. The lowest BCUT2D eigenvalue weighted by Gasteiger charge is -2.31. The molecule has 0 bridgehead atoms. The first-order valence-corrected chi connectivity index (χ1v) is 10.7. The summed E-state index contributed by atoms with van der Waals surface area (Å²) in [5, 5.41) is 4.17. The van der Waals surface area contributed by atoms with Gasteiger partial charge in [-0.15, -0.1) is 0 Å². The summed E-state index contributed by atoms with van der Waals surface area (Å²) in [6.07, 6.45) is 4.56. The van der Waals surface area contributed by atoms with Gasteiger partial charge in [0.15, 0.2) is 11.5 Å². The first-order chi connectivity index (χ1) is 14.2. The fourth-order valence-electron chi connectivity index (χ4n) is 4.87. The fraction of sp³-hybridized carbons (Fsp3) is 0.435. The van der Waals surface area contributed by atoms with Crippen molar-refractivity contribution < 1.29 is 14.3 Å². The van der Waals surface area contributed by atoms with Crippen molar-refractivity contribution in [3.63, 3.8) is 0 Å². The Kier molecular flexibility index (Phi) is 5.10. The molecule has 2 aliphatic heterocycles. The standard InChI is InChI=1S/C23H25ClN2O3/c24-20-12-22-21(28-14-29-22)11-17(20)13-25-8-7-18-5-6-23(27)26(18)19-9-15-3-1-2-4-16(15)10-19/h1-4,11-12,18-19,25H,5-10,13-14H2. The zero-order chi connectivity index (χ0) is 19.8. The molecule has 1 unspecified atom stereocenters. The third kappa shape index (κ3) is 3.69. The van der Waals surface area contributed by atoms with Gasteiger partial charge >= 0.3 is 0 Å². The molecule has 1 atom stereocenters. The predicted molar refractivity (Wildman–Crippen MR) is 111 cm³/mol. The zero-order valence-electron chi connectivity index (χ0n) is 16.3. The highest BCUT2D eigenvalue weighted by molar-refractivity contribution is 6.31. The fourth-order valence-corrected chi connectivity index (χ4v) is 5.09. The normalized spacial score (nSPS) is 20.5. The van der Waals surface area contributed by atoms with Gasteiger partial charge in [0.25, 0.3) is 0 Å². The Morgan fingerprint density at radius 1 is 1.10 bits per heavy atom. The van der Waals surface area contributed by atoms with Crippen molar-refractivity contribution in [3.05, 3.63) is 58.1 Å². The number of carbonyl (C=O) groups is 1. The Morgan fingerprint density at radius 2 is 1.83 bits per heavy atom. The maximum absolute atomic E-state index is 12.6. The number of amides is 1. The topological polar surface area (TPSA) is 50.8 Å². The molecule has 5 nitrogen and oxygen atoms in total. The Hall–Kier alpha value is -2.24. The van der Waals surface area contributed by atoms with Gasteiger partial charge in [-0.2, -0.15) is 0 Å². The Morgan fingerprint density at radius 3 is 2.59 bits per heavy atom. The summed E-state index contributed by atoms with van der Waals surface area (Å²) in [5.41, 5.74) is 3.79. The summed E-state index contributed by atoms with van der Waals surface area (Å²) < 4.78 is 10.8. The monoisotopic (exact) mass is 412 g/mol. The van der Waals surface area contributed by atoms with E-state index in [0.717, 1.165) is 43.5 Å². The van der Waals surface area contributed by atoms with Crippen molar-refractivity contribution in [2.45, 2.75) is 50.7 Å². The molecule has 1 amide bonds. The van der Waals surface area contributed by atoms with E-state index in [-0.39, 0.29) is 6.79 Å². The maximum Gasteiger partial charge on any atom is 0.231 e. The van der Waals surface area contributed by atoms with Crippen LogP contribution in [0.15, 0.2) is 36.4 Å². The Bertz CT molecular complexity index is 907. The van der Waals surface area contributed by atoms with Crippen LogP contribution in [0.3, 0.4) is 0 Å². The van der Waals surface area contributed by atoms with Crippen LogP contribution in [0.5, 0.6) is 11.5 Å². The molecule has 6 heteroatoms. The van der Waals surface area contributed by atoms with Crippen LogP contribution in [0, 0.1) is 0 Å². The molecular formula is C23H25ClN2O3. The molecule has 0 saturated carbocycles. The summed E-state index contributed by atoms with van der Waals surface area (Å²) in [6.45, 7) is 1.77. The minimum absolute atomic E-state index is 0.249. The average molecular weight is 413 g/mol. The van der Waals surface area contributed by atoms with E-state index in [4.69, 9.17) is 21.1 Å². The molecule has 152 valence electrons. The van der Waals surface area contributed by atoms with E-state index in [0.29, 0.717) is 41.7 Å². The SMILES string of the molecule is O=C1CCC(CCNCc2cc3c(cc2Cl)OCO3)N1C1Cc2ccccc2C1. The van der Waals surface area contributed by atoms with Crippen molar-refractivity contribution >= 4 is 17.5 Å². The first kappa shape index (κ1) is 18.8. The van der Waals surface area contributed by atoms with Gasteiger partial charge in [0.1, 0.15) is 0 Å². The first-order valence-electron chi connectivity index (χ1n) is 10.4. The van der Waals surface area contributed by atoms with Crippen LogP contribution in [-0.2, 0) is 24.2 Å².